The Labute approximate surface area is 274 Å². The zero-order chi connectivity index (χ0) is 33.3. The molecule has 0 aromatic heterocycles. The van der Waals surface area contributed by atoms with Crippen molar-refractivity contribution in [1.29, 1.82) is 0 Å². The minimum Gasteiger partial charge on any atom is -0.495 e. The van der Waals surface area contributed by atoms with Crippen LogP contribution in [0.15, 0.2) is 58.8 Å². The predicted octanol–water partition coefficient (Wildman–Crippen LogP) is 5.75. The number of carbonyl (C=O) groups is 2. The molecule has 0 saturated carbocycles. The molecule has 1 fully saturated rings. The highest BCUT2D eigenvalue weighted by atomic mass is 35.5. The van der Waals surface area contributed by atoms with E-state index in [-0.39, 0.29) is 39.0 Å². The molecule has 3 rings (SSSR count). The lowest BCUT2D eigenvalue weighted by Gasteiger charge is -2.38. The third-order valence-electron chi connectivity index (χ3n) is 7.13. The highest BCUT2D eigenvalue weighted by Crippen LogP contribution is 2.44. The summed E-state index contributed by atoms with van der Waals surface area (Å²) in [5, 5.41) is 5.72. The fourth-order valence-corrected chi connectivity index (χ4v) is 5.19. The summed E-state index contributed by atoms with van der Waals surface area (Å²) in [6.45, 7) is 13.3. The van der Waals surface area contributed by atoms with Gasteiger partial charge in [0, 0.05) is 62.8 Å². The molecule has 3 amide bonds. The number of rotatable bonds is 11. The summed E-state index contributed by atoms with van der Waals surface area (Å²) in [6.07, 6.45) is 3.82. The Morgan fingerprint density at radius 3 is 2.22 bits per heavy atom. The van der Waals surface area contributed by atoms with E-state index in [1.54, 1.807) is 13.0 Å². The maximum absolute atomic E-state index is 13.3. The number of hydrogen-bond acceptors (Lipinski definition) is 8. The lowest BCUT2D eigenvalue weighted by atomic mass is 10.2. The first-order valence-corrected chi connectivity index (χ1v) is 14.9. The fraction of sp³-hybridized carbons (Fsp3) is 0.355. The molecular weight excluding hydrogens is 619 g/mol. The van der Waals surface area contributed by atoms with Crippen LogP contribution in [0.4, 0.5) is 27.5 Å². The van der Waals surface area contributed by atoms with Crippen LogP contribution in [0.2, 0.25) is 10.0 Å². The highest BCUT2D eigenvalue weighted by molar-refractivity contribution is 6.41. The Balaban J connectivity index is 1.91. The lowest BCUT2D eigenvalue weighted by Crippen LogP contribution is -2.48. The van der Waals surface area contributed by atoms with Crippen LogP contribution in [-0.4, -0.2) is 87.3 Å². The number of anilines is 3. The average molecular weight is 660 g/mol. The quantitative estimate of drug-likeness (QED) is 0.159. The van der Waals surface area contributed by atoms with Gasteiger partial charge in [-0.15, -0.1) is 0 Å². The molecule has 0 atom stereocenters. The normalized spacial score (nSPS) is 14.5. The van der Waals surface area contributed by atoms with Crippen molar-refractivity contribution < 1.29 is 19.1 Å². The van der Waals surface area contributed by atoms with E-state index in [9.17, 15) is 9.59 Å². The summed E-state index contributed by atoms with van der Waals surface area (Å²) in [6, 6.07) is 7.08. The summed E-state index contributed by atoms with van der Waals surface area (Å²) in [4.78, 5) is 40.4. The summed E-state index contributed by atoms with van der Waals surface area (Å²) >= 11 is 12.9. The van der Waals surface area contributed by atoms with Crippen LogP contribution in [0.3, 0.4) is 0 Å². The van der Waals surface area contributed by atoms with Crippen LogP contribution in [0.5, 0.6) is 11.5 Å². The molecule has 2 aromatic carbocycles. The van der Waals surface area contributed by atoms with Gasteiger partial charge >= 0.3 is 6.03 Å². The molecule has 1 saturated heterocycles. The third-order valence-corrected chi connectivity index (χ3v) is 7.88. The molecule has 4 N–H and O–H groups in total. The minimum absolute atomic E-state index is 0.0926. The largest absolute Gasteiger partial charge is 0.495 e. The van der Waals surface area contributed by atoms with E-state index in [0.717, 1.165) is 38.2 Å². The Bertz CT molecular complexity index is 1470. The van der Waals surface area contributed by atoms with Crippen LogP contribution < -0.4 is 30.7 Å². The smallest absolute Gasteiger partial charge is 0.327 e. The van der Waals surface area contributed by atoms with Gasteiger partial charge in [0.15, 0.2) is 0 Å². The molecule has 242 valence electrons. The van der Waals surface area contributed by atoms with Crippen LogP contribution in [-0.2, 0) is 4.79 Å². The van der Waals surface area contributed by atoms with Crippen molar-refractivity contribution in [3.8, 4) is 11.5 Å². The molecule has 0 spiro atoms. The fourth-order valence-electron chi connectivity index (χ4n) is 4.59. The van der Waals surface area contributed by atoms with Gasteiger partial charge in [0.25, 0.3) is 0 Å². The summed E-state index contributed by atoms with van der Waals surface area (Å²) in [5.41, 5.74) is 8.18. The van der Waals surface area contributed by atoms with Gasteiger partial charge in [-0.3, -0.25) is 19.6 Å². The average Bonchev–Trinajstić information content (AvgIpc) is 3.03. The number of hydrogen-bond donors (Lipinski definition) is 3. The molecule has 0 bridgehead atoms. The molecule has 12 nitrogen and oxygen atoms in total. The first-order valence-electron chi connectivity index (χ1n) is 14.2. The Morgan fingerprint density at radius 1 is 1.07 bits per heavy atom. The Hall–Kier alpha value is -4.26. The van der Waals surface area contributed by atoms with Crippen molar-refractivity contribution in [2.75, 3.05) is 63.0 Å². The van der Waals surface area contributed by atoms with Gasteiger partial charge in [0.2, 0.25) is 5.91 Å². The van der Waals surface area contributed by atoms with E-state index in [1.165, 1.54) is 38.3 Å². The van der Waals surface area contributed by atoms with Gasteiger partial charge in [-0.2, -0.15) is 0 Å². The van der Waals surface area contributed by atoms with Gasteiger partial charge in [-0.1, -0.05) is 29.8 Å². The second-order valence-corrected chi connectivity index (χ2v) is 11.1. The number of nitrogens with zero attached hydrogens (tertiary/aromatic N) is 5. The van der Waals surface area contributed by atoms with E-state index >= 15 is 0 Å². The van der Waals surface area contributed by atoms with Gasteiger partial charge in [-0.05, 0) is 45.0 Å². The maximum Gasteiger partial charge on any atom is 0.327 e. The number of carbonyl (C=O) groups excluding carboxylic acids is 2. The summed E-state index contributed by atoms with van der Waals surface area (Å²) in [7, 11) is 4.35. The number of nitrogens with one attached hydrogen (secondary N) is 2. The van der Waals surface area contributed by atoms with Crippen LogP contribution >= 0.6 is 23.2 Å². The van der Waals surface area contributed by atoms with Crippen molar-refractivity contribution >= 4 is 69.9 Å². The van der Waals surface area contributed by atoms with Crippen molar-refractivity contribution in [3.63, 3.8) is 0 Å². The zero-order valence-electron chi connectivity index (χ0n) is 26.4. The van der Waals surface area contributed by atoms with Crippen LogP contribution in [0.25, 0.3) is 0 Å². The number of benzene rings is 2. The zero-order valence-corrected chi connectivity index (χ0v) is 27.9. The summed E-state index contributed by atoms with van der Waals surface area (Å²) in [5.74, 6) is 0.322. The SMILES string of the molecule is C=CC(=O)Nc1cc(N2CCN(C(C)C)CC2)ccc1N=C(C)C=C(N=CN)N(C)C(=O)Nc1c(Cl)c(OC)cc(OC)c1Cl. The number of aliphatic imine (C=N–C) groups is 2. The standard InChI is InChI=1S/C31H40Cl2N8O4/c1-8-27(42)37-23-16-21(41-13-11-40(12-14-41)19(2)3)9-10-22(23)36-20(4)15-26(35-18-34)39(5)31(43)38-30-28(32)24(44-6)17-25(45-7)29(30)33/h8-10,15-19H,1,11-14H2,2-7H3,(H2,34,35)(H,37,42)(H,38,43). The molecule has 0 radical (unpaired) electrons. The predicted molar refractivity (Wildman–Crippen MR) is 184 cm³/mol. The first-order chi connectivity index (χ1) is 21.4. The van der Waals surface area contributed by atoms with E-state index in [4.69, 9.17) is 43.4 Å². The molecule has 0 unspecified atom stereocenters. The first kappa shape index (κ1) is 35.2. The number of ether oxygens (including phenoxy) is 2. The Morgan fingerprint density at radius 2 is 1.69 bits per heavy atom. The second-order valence-electron chi connectivity index (χ2n) is 10.3. The molecule has 1 aliphatic rings. The minimum atomic E-state index is -0.625. The maximum atomic E-state index is 13.3. The molecular formula is C31H40Cl2N8O4. The van der Waals surface area contributed by atoms with Gasteiger partial charge in [0.05, 0.1) is 37.6 Å². The second kappa shape index (κ2) is 16.2. The van der Waals surface area contributed by atoms with Gasteiger partial charge < -0.3 is 30.7 Å². The van der Waals surface area contributed by atoms with E-state index in [1.807, 2.05) is 18.2 Å². The molecule has 2 aromatic rings. The topological polar surface area (TPSA) is 137 Å². The monoisotopic (exact) mass is 658 g/mol. The number of halogens is 2. The number of allylic oxidation sites excluding steroid dienone is 1. The number of nitrogens with two attached hydrogens (primary N) is 1. The summed E-state index contributed by atoms with van der Waals surface area (Å²) < 4.78 is 10.6. The number of urea groups is 1. The van der Waals surface area contributed by atoms with Crippen molar-refractivity contribution in [2.24, 2.45) is 15.7 Å². The Kier molecular flexibility index (Phi) is 12.7. The molecule has 0 aliphatic carbocycles. The molecule has 14 heteroatoms. The van der Waals surface area contributed by atoms with E-state index < -0.39 is 6.03 Å². The van der Waals surface area contributed by atoms with Crippen molar-refractivity contribution in [2.45, 2.75) is 26.8 Å². The van der Waals surface area contributed by atoms with Crippen LogP contribution in [0.1, 0.15) is 20.8 Å². The van der Waals surface area contributed by atoms with E-state index in [2.05, 4.69) is 45.9 Å². The van der Waals surface area contributed by atoms with Gasteiger partial charge in [0.1, 0.15) is 27.4 Å². The molecule has 1 aliphatic heterocycles. The van der Waals surface area contributed by atoms with Crippen LogP contribution in [0, 0.1) is 0 Å². The van der Waals surface area contributed by atoms with Crippen molar-refractivity contribution in [1.82, 2.24) is 9.80 Å². The molecule has 1 heterocycles. The van der Waals surface area contributed by atoms with E-state index in [0.29, 0.717) is 23.1 Å². The number of piperazine rings is 1. The lowest BCUT2D eigenvalue weighted by molar-refractivity contribution is -0.111. The van der Waals surface area contributed by atoms with Gasteiger partial charge in [-0.25, -0.2) is 9.79 Å². The highest BCUT2D eigenvalue weighted by Gasteiger charge is 2.23. The molecule has 45 heavy (non-hydrogen) atoms. The third kappa shape index (κ3) is 8.90. The van der Waals surface area contributed by atoms with Crippen molar-refractivity contribution in [3.05, 3.63) is 58.9 Å². The number of amides is 3. The number of methoxy groups -OCH3 is 2.